The van der Waals surface area contributed by atoms with E-state index in [2.05, 4.69) is 36.6 Å². The van der Waals surface area contributed by atoms with Gasteiger partial charge < -0.3 is 24.8 Å². The van der Waals surface area contributed by atoms with Crippen LogP contribution in [0.2, 0.25) is 0 Å². The molecule has 0 bridgehead atoms. The zero-order valence-electron chi connectivity index (χ0n) is 16.6. The van der Waals surface area contributed by atoms with Crippen LogP contribution in [0.4, 0.5) is 0 Å². The highest BCUT2D eigenvalue weighted by Crippen LogP contribution is 2.28. The molecule has 0 unspecified atom stereocenters. The second-order valence-corrected chi connectivity index (χ2v) is 6.95. The molecule has 1 aromatic rings. The third-order valence-corrected chi connectivity index (χ3v) is 4.33. The molecule has 2 N–H and O–H groups in total. The SMILES string of the molecule is CCNC(=NCC1(C)COC1)NCCCc1ccc(OC)c(OCC)c1. The highest BCUT2D eigenvalue weighted by molar-refractivity contribution is 5.79. The van der Waals surface area contributed by atoms with Gasteiger partial charge in [-0.2, -0.15) is 0 Å². The van der Waals surface area contributed by atoms with E-state index in [0.29, 0.717) is 6.61 Å². The normalized spacial score (nSPS) is 15.9. The highest BCUT2D eigenvalue weighted by atomic mass is 16.5. The van der Waals surface area contributed by atoms with E-state index in [-0.39, 0.29) is 5.41 Å². The van der Waals surface area contributed by atoms with Crippen molar-refractivity contribution in [3.8, 4) is 11.5 Å². The lowest BCUT2D eigenvalue weighted by atomic mass is 9.89. The van der Waals surface area contributed by atoms with Crippen LogP contribution in [-0.2, 0) is 11.2 Å². The number of ether oxygens (including phenoxy) is 3. The molecule has 1 saturated heterocycles. The first-order chi connectivity index (χ1) is 12.6. The predicted octanol–water partition coefficient (Wildman–Crippen LogP) is 2.62. The van der Waals surface area contributed by atoms with E-state index in [1.165, 1.54) is 5.56 Å². The molecular formula is C20H33N3O3. The minimum absolute atomic E-state index is 0.196. The number of hydrogen-bond acceptors (Lipinski definition) is 4. The maximum Gasteiger partial charge on any atom is 0.191 e. The van der Waals surface area contributed by atoms with Gasteiger partial charge in [0.05, 0.1) is 33.5 Å². The molecule has 6 nitrogen and oxygen atoms in total. The molecule has 1 aliphatic rings. The summed E-state index contributed by atoms with van der Waals surface area (Å²) in [5, 5.41) is 6.72. The third-order valence-electron chi connectivity index (χ3n) is 4.33. The summed E-state index contributed by atoms with van der Waals surface area (Å²) in [7, 11) is 1.67. The van der Waals surface area contributed by atoms with Crippen molar-refractivity contribution in [3.05, 3.63) is 23.8 Å². The first kappa shape index (κ1) is 20.4. The summed E-state index contributed by atoms with van der Waals surface area (Å²) >= 11 is 0. The summed E-state index contributed by atoms with van der Waals surface area (Å²) in [6.45, 7) is 11.0. The van der Waals surface area contributed by atoms with Crippen molar-refractivity contribution >= 4 is 5.96 Å². The molecule has 146 valence electrons. The fraction of sp³-hybridized carbons (Fsp3) is 0.650. The van der Waals surface area contributed by atoms with Crippen molar-refractivity contribution in [1.82, 2.24) is 10.6 Å². The molecule has 0 spiro atoms. The minimum atomic E-state index is 0.196. The smallest absolute Gasteiger partial charge is 0.191 e. The van der Waals surface area contributed by atoms with E-state index < -0.39 is 0 Å². The predicted molar refractivity (Wildman–Crippen MR) is 105 cm³/mol. The Morgan fingerprint density at radius 2 is 2.04 bits per heavy atom. The number of hydrogen-bond donors (Lipinski definition) is 2. The summed E-state index contributed by atoms with van der Waals surface area (Å²) in [5.41, 5.74) is 1.44. The molecule has 0 radical (unpaired) electrons. The number of guanidine groups is 1. The van der Waals surface area contributed by atoms with Crippen LogP contribution in [0.1, 0.15) is 32.8 Å². The molecule has 2 rings (SSSR count). The van der Waals surface area contributed by atoms with Gasteiger partial charge in [-0.05, 0) is 44.4 Å². The molecule has 0 saturated carbocycles. The Labute approximate surface area is 157 Å². The average molecular weight is 364 g/mol. The first-order valence-electron chi connectivity index (χ1n) is 9.50. The topological polar surface area (TPSA) is 64.1 Å². The van der Waals surface area contributed by atoms with Gasteiger partial charge in [-0.3, -0.25) is 4.99 Å². The maximum atomic E-state index is 5.64. The summed E-state index contributed by atoms with van der Waals surface area (Å²) < 4.78 is 16.3. The number of aliphatic imine (C=N–C) groups is 1. The van der Waals surface area contributed by atoms with Gasteiger partial charge in [0.2, 0.25) is 0 Å². The number of rotatable bonds is 10. The van der Waals surface area contributed by atoms with Gasteiger partial charge in [0, 0.05) is 18.5 Å². The summed E-state index contributed by atoms with van der Waals surface area (Å²) in [5.74, 6) is 2.47. The van der Waals surface area contributed by atoms with Crippen LogP contribution in [0.3, 0.4) is 0 Å². The standard InChI is InChI=1S/C20H33N3O3/c1-5-21-19(23-13-20(3)14-25-15-20)22-11-7-8-16-9-10-17(24-4)18(12-16)26-6-2/h9-10,12H,5-8,11,13-15H2,1-4H3,(H2,21,22,23). The Morgan fingerprint density at radius 1 is 1.23 bits per heavy atom. The molecule has 6 heteroatoms. The fourth-order valence-electron chi connectivity index (χ4n) is 2.80. The molecular weight excluding hydrogens is 330 g/mol. The molecule has 0 aromatic heterocycles. The van der Waals surface area contributed by atoms with Crippen LogP contribution in [-0.4, -0.2) is 52.5 Å². The van der Waals surface area contributed by atoms with Crippen LogP contribution in [0.5, 0.6) is 11.5 Å². The monoisotopic (exact) mass is 363 g/mol. The van der Waals surface area contributed by atoms with Gasteiger partial charge in [-0.25, -0.2) is 0 Å². The Hall–Kier alpha value is -1.95. The van der Waals surface area contributed by atoms with Crippen LogP contribution in [0, 0.1) is 5.41 Å². The number of aryl methyl sites for hydroxylation is 1. The van der Waals surface area contributed by atoms with Crippen molar-refractivity contribution in [2.75, 3.05) is 46.6 Å². The maximum absolute atomic E-state index is 5.64. The van der Waals surface area contributed by atoms with Crippen molar-refractivity contribution in [2.24, 2.45) is 10.4 Å². The van der Waals surface area contributed by atoms with E-state index in [9.17, 15) is 0 Å². The number of nitrogens with zero attached hydrogens (tertiary/aromatic N) is 1. The van der Waals surface area contributed by atoms with Gasteiger partial charge in [-0.1, -0.05) is 13.0 Å². The van der Waals surface area contributed by atoms with Gasteiger partial charge in [0.15, 0.2) is 17.5 Å². The average Bonchev–Trinajstić information content (AvgIpc) is 2.62. The molecule has 1 aliphatic heterocycles. The van der Waals surface area contributed by atoms with Gasteiger partial charge in [-0.15, -0.1) is 0 Å². The Morgan fingerprint density at radius 3 is 2.65 bits per heavy atom. The van der Waals surface area contributed by atoms with Crippen molar-refractivity contribution in [1.29, 1.82) is 0 Å². The minimum Gasteiger partial charge on any atom is -0.493 e. The zero-order valence-corrected chi connectivity index (χ0v) is 16.6. The van der Waals surface area contributed by atoms with Gasteiger partial charge >= 0.3 is 0 Å². The first-order valence-corrected chi connectivity index (χ1v) is 9.50. The summed E-state index contributed by atoms with van der Waals surface area (Å²) in [4.78, 5) is 4.69. The van der Waals surface area contributed by atoms with Gasteiger partial charge in [0.25, 0.3) is 0 Å². The fourth-order valence-corrected chi connectivity index (χ4v) is 2.80. The van der Waals surface area contributed by atoms with Crippen LogP contribution >= 0.6 is 0 Å². The molecule has 0 atom stereocenters. The Kier molecular flexibility index (Phi) is 8.04. The van der Waals surface area contributed by atoms with Gasteiger partial charge in [0.1, 0.15) is 0 Å². The lowest BCUT2D eigenvalue weighted by molar-refractivity contribution is -0.0945. The summed E-state index contributed by atoms with van der Waals surface area (Å²) in [6.07, 6.45) is 1.99. The number of nitrogens with one attached hydrogen (secondary N) is 2. The lowest BCUT2D eigenvalue weighted by Crippen LogP contribution is -2.44. The van der Waals surface area contributed by atoms with E-state index in [1.54, 1.807) is 7.11 Å². The molecule has 0 aliphatic carbocycles. The van der Waals surface area contributed by atoms with Crippen molar-refractivity contribution in [3.63, 3.8) is 0 Å². The quantitative estimate of drug-likeness (QED) is 0.380. The van der Waals surface area contributed by atoms with Crippen LogP contribution in [0.15, 0.2) is 23.2 Å². The zero-order chi connectivity index (χ0) is 18.8. The van der Waals surface area contributed by atoms with E-state index in [1.807, 2.05) is 13.0 Å². The largest absolute Gasteiger partial charge is 0.493 e. The van der Waals surface area contributed by atoms with Crippen LogP contribution in [0.25, 0.3) is 0 Å². The molecule has 1 aromatic carbocycles. The number of methoxy groups -OCH3 is 1. The lowest BCUT2D eigenvalue weighted by Gasteiger charge is -2.36. The third kappa shape index (κ3) is 6.09. The van der Waals surface area contributed by atoms with E-state index in [4.69, 9.17) is 19.2 Å². The molecule has 1 heterocycles. The second-order valence-electron chi connectivity index (χ2n) is 6.95. The second kappa shape index (κ2) is 10.3. The van der Waals surface area contributed by atoms with Crippen molar-refractivity contribution < 1.29 is 14.2 Å². The van der Waals surface area contributed by atoms with E-state index >= 15 is 0 Å². The van der Waals surface area contributed by atoms with E-state index in [0.717, 1.165) is 63.1 Å². The summed E-state index contributed by atoms with van der Waals surface area (Å²) in [6, 6.07) is 6.14. The number of benzene rings is 1. The molecule has 26 heavy (non-hydrogen) atoms. The Balaban J connectivity index is 1.80. The molecule has 0 amide bonds. The molecule has 1 fully saturated rings. The van der Waals surface area contributed by atoms with Crippen molar-refractivity contribution in [2.45, 2.75) is 33.6 Å². The van der Waals surface area contributed by atoms with Crippen LogP contribution < -0.4 is 20.1 Å². The Bertz CT molecular complexity index is 586. The highest BCUT2D eigenvalue weighted by Gasteiger charge is 2.33.